The molecule has 0 spiro atoms. The third-order valence-electron chi connectivity index (χ3n) is 4.92. The summed E-state index contributed by atoms with van der Waals surface area (Å²) in [6.07, 6.45) is 0.844. The fraction of sp³-hybridized carbons (Fsp3) is 0.700. The predicted octanol–water partition coefficient (Wildman–Crippen LogP) is -3.54. The minimum Gasteiger partial charge on any atom is -0.481 e. The molecule has 35 heavy (non-hydrogen) atoms. The van der Waals surface area contributed by atoms with E-state index in [4.69, 9.17) is 28.0 Å². The number of nitrogens with one attached hydrogen (secondary N) is 3. The first-order valence-corrected chi connectivity index (χ1v) is 11.2. The zero-order valence-electron chi connectivity index (χ0n) is 19.5. The van der Waals surface area contributed by atoms with E-state index in [0.29, 0.717) is 38.8 Å². The van der Waals surface area contributed by atoms with E-state index < -0.39 is 72.6 Å². The lowest BCUT2D eigenvalue weighted by Gasteiger charge is -2.24. The number of primary amides is 1. The van der Waals surface area contributed by atoms with Crippen LogP contribution in [-0.4, -0.2) is 83.0 Å². The molecule has 0 aliphatic carbocycles. The summed E-state index contributed by atoms with van der Waals surface area (Å²) in [6.45, 7) is 0.728. The van der Waals surface area contributed by atoms with E-state index >= 15 is 0 Å². The molecule has 0 fully saturated rings. The topological polar surface area (TPSA) is 283 Å². The highest BCUT2D eigenvalue weighted by Crippen LogP contribution is 2.05. The second kappa shape index (κ2) is 17.2. The summed E-state index contributed by atoms with van der Waals surface area (Å²) in [4.78, 5) is 71.7. The average molecular weight is 504 g/mol. The first-order valence-electron chi connectivity index (χ1n) is 11.2. The van der Waals surface area contributed by atoms with Crippen LogP contribution in [0.25, 0.3) is 0 Å². The lowest BCUT2D eigenvalue weighted by atomic mass is 10.1. The maximum absolute atomic E-state index is 12.7. The van der Waals surface area contributed by atoms with Crippen LogP contribution in [0.3, 0.4) is 0 Å². The van der Waals surface area contributed by atoms with Crippen molar-refractivity contribution in [1.29, 1.82) is 0 Å². The quantitative estimate of drug-likeness (QED) is 0.0778. The van der Waals surface area contributed by atoms with Gasteiger partial charge in [-0.1, -0.05) is 6.42 Å². The molecule has 0 saturated heterocycles. The van der Waals surface area contributed by atoms with Gasteiger partial charge < -0.3 is 49.1 Å². The van der Waals surface area contributed by atoms with E-state index in [2.05, 4.69) is 16.0 Å². The van der Waals surface area contributed by atoms with Crippen molar-refractivity contribution in [2.75, 3.05) is 13.1 Å². The fourth-order valence-electron chi connectivity index (χ4n) is 3.01. The molecule has 0 aromatic rings. The number of carbonyl (C=O) groups excluding carboxylic acids is 4. The van der Waals surface area contributed by atoms with Gasteiger partial charge in [-0.2, -0.15) is 0 Å². The fourth-order valence-corrected chi connectivity index (χ4v) is 3.01. The van der Waals surface area contributed by atoms with E-state index in [1.807, 2.05) is 0 Å². The predicted molar refractivity (Wildman–Crippen MR) is 123 cm³/mol. The molecule has 4 amide bonds. The van der Waals surface area contributed by atoms with Crippen molar-refractivity contribution in [2.24, 2.45) is 22.9 Å². The van der Waals surface area contributed by atoms with Gasteiger partial charge in [0.25, 0.3) is 0 Å². The molecule has 4 unspecified atom stereocenters. The van der Waals surface area contributed by atoms with Gasteiger partial charge in [-0.05, 0) is 45.2 Å². The second-order valence-corrected chi connectivity index (χ2v) is 7.97. The van der Waals surface area contributed by atoms with Crippen LogP contribution in [0.15, 0.2) is 0 Å². The molecular formula is C20H37N7O8. The summed E-state index contributed by atoms with van der Waals surface area (Å²) in [5.41, 5.74) is 21.7. The van der Waals surface area contributed by atoms with Crippen LogP contribution in [0.1, 0.15) is 51.4 Å². The molecular weight excluding hydrogens is 466 g/mol. The number of carboxylic acids is 2. The van der Waals surface area contributed by atoms with E-state index in [9.17, 15) is 33.9 Å². The van der Waals surface area contributed by atoms with Crippen LogP contribution in [0, 0.1) is 0 Å². The van der Waals surface area contributed by atoms with Crippen LogP contribution in [-0.2, 0) is 28.8 Å². The van der Waals surface area contributed by atoms with E-state index in [-0.39, 0.29) is 12.8 Å². The zero-order valence-corrected chi connectivity index (χ0v) is 19.5. The minimum absolute atomic E-state index is 0.0361. The Morgan fingerprint density at radius 2 is 1.11 bits per heavy atom. The Bertz CT molecular complexity index is 749. The number of unbranched alkanes of at least 4 members (excludes halogenated alkanes) is 2. The number of nitrogens with two attached hydrogens (primary N) is 4. The van der Waals surface area contributed by atoms with E-state index in [1.165, 1.54) is 0 Å². The number of carboxylic acid groups (broad SMARTS) is 2. The second-order valence-electron chi connectivity index (χ2n) is 7.97. The van der Waals surface area contributed by atoms with Gasteiger partial charge in [0.2, 0.25) is 23.6 Å². The molecule has 0 bridgehead atoms. The molecule has 15 heteroatoms. The molecule has 0 heterocycles. The molecule has 0 aliphatic heterocycles. The molecule has 0 rings (SSSR count). The van der Waals surface area contributed by atoms with Crippen LogP contribution in [0.5, 0.6) is 0 Å². The van der Waals surface area contributed by atoms with Crippen molar-refractivity contribution in [3.8, 4) is 0 Å². The van der Waals surface area contributed by atoms with Crippen LogP contribution in [0.2, 0.25) is 0 Å². The lowest BCUT2D eigenvalue weighted by molar-refractivity contribution is -0.144. The molecule has 13 N–H and O–H groups in total. The molecule has 0 aromatic carbocycles. The van der Waals surface area contributed by atoms with Gasteiger partial charge in [0.15, 0.2) is 0 Å². The van der Waals surface area contributed by atoms with Gasteiger partial charge in [0.1, 0.15) is 18.1 Å². The van der Waals surface area contributed by atoms with E-state index in [0.717, 1.165) is 0 Å². The van der Waals surface area contributed by atoms with Gasteiger partial charge in [-0.15, -0.1) is 0 Å². The lowest BCUT2D eigenvalue weighted by Crippen LogP contribution is -2.58. The van der Waals surface area contributed by atoms with Gasteiger partial charge in [0, 0.05) is 0 Å². The number of hydrogen-bond donors (Lipinski definition) is 9. The Morgan fingerprint density at radius 3 is 1.57 bits per heavy atom. The first-order chi connectivity index (χ1) is 16.4. The standard InChI is InChI=1S/C20H37N7O8/c21-7-3-1-5-11(23)17(31)26-13(9-15(24)28)18(32)27-14(10-16(29)30)19(33)25-12(20(34)35)6-2-4-8-22/h11-14H,1-10,21-23H2,(H2,24,28)(H,25,33)(H,26,31)(H,27,32)(H,29,30)(H,34,35). The molecule has 0 aliphatic rings. The smallest absolute Gasteiger partial charge is 0.326 e. The Kier molecular flexibility index (Phi) is 15.6. The monoisotopic (exact) mass is 503 g/mol. The number of aliphatic carboxylic acids is 2. The molecule has 200 valence electrons. The molecule has 15 nitrogen and oxygen atoms in total. The number of rotatable bonds is 19. The summed E-state index contributed by atoms with van der Waals surface area (Å²) >= 11 is 0. The number of amides is 4. The number of hydrogen-bond acceptors (Lipinski definition) is 9. The van der Waals surface area contributed by atoms with E-state index in [1.54, 1.807) is 0 Å². The first kappa shape index (κ1) is 31.7. The highest BCUT2D eigenvalue weighted by Gasteiger charge is 2.32. The molecule has 0 radical (unpaired) electrons. The van der Waals surface area contributed by atoms with Crippen molar-refractivity contribution in [3.63, 3.8) is 0 Å². The summed E-state index contributed by atoms with van der Waals surface area (Å²) in [5, 5.41) is 25.0. The Morgan fingerprint density at radius 1 is 0.657 bits per heavy atom. The third-order valence-corrected chi connectivity index (χ3v) is 4.92. The maximum Gasteiger partial charge on any atom is 0.326 e. The minimum atomic E-state index is -1.69. The highest BCUT2D eigenvalue weighted by molar-refractivity contribution is 5.97. The summed E-state index contributed by atoms with van der Waals surface area (Å²) in [7, 11) is 0. The van der Waals surface area contributed by atoms with Gasteiger partial charge in [-0.25, -0.2) is 4.79 Å². The largest absolute Gasteiger partial charge is 0.481 e. The third kappa shape index (κ3) is 13.9. The van der Waals surface area contributed by atoms with Crippen LogP contribution < -0.4 is 38.9 Å². The van der Waals surface area contributed by atoms with Gasteiger partial charge in [0.05, 0.1) is 18.9 Å². The van der Waals surface area contributed by atoms with Gasteiger partial charge in [-0.3, -0.25) is 24.0 Å². The Labute approximate surface area is 202 Å². The van der Waals surface area contributed by atoms with Gasteiger partial charge >= 0.3 is 11.9 Å². The molecule has 0 aromatic heterocycles. The molecule has 4 atom stereocenters. The van der Waals surface area contributed by atoms with Crippen LogP contribution >= 0.6 is 0 Å². The summed E-state index contributed by atoms with van der Waals surface area (Å²) in [5.74, 6) is -6.65. The van der Waals surface area contributed by atoms with Crippen molar-refractivity contribution in [3.05, 3.63) is 0 Å². The zero-order chi connectivity index (χ0) is 27.0. The Hall–Kier alpha value is -3.30. The Balaban J connectivity index is 5.42. The molecule has 0 saturated carbocycles. The van der Waals surface area contributed by atoms with Crippen molar-refractivity contribution in [2.45, 2.75) is 75.5 Å². The number of carbonyl (C=O) groups is 6. The van der Waals surface area contributed by atoms with Crippen molar-refractivity contribution < 1.29 is 39.0 Å². The normalized spacial score (nSPS) is 14.1. The highest BCUT2D eigenvalue weighted by atomic mass is 16.4. The SMILES string of the molecule is NCCCCC(N)C(=O)NC(CC(N)=O)C(=O)NC(CC(=O)O)C(=O)NC(CCCCN)C(=O)O. The van der Waals surface area contributed by atoms with Crippen molar-refractivity contribution in [1.82, 2.24) is 16.0 Å². The average Bonchev–Trinajstić information content (AvgIpc) is 2.76. The summed E-state index contributed by atoms with van der Waals surface area (Å²) < 4.78 is 0. The summed E-state index contributed by atoms with van der Waals surface area (Å²) in [6, 6.07) is -5.58. The van der Waals surface area contributed by atoms with Crippen LogP contribution in [0.4, 0.5) is 0 Å². The van der Waals surface area contributed by atoms with Crippen molar-refractivity contribution >= 4 is 35.6 Å². The maximum atomic E-state index is 12.7.